The second-order valence-electron chi connectivity index (χ2n) is 7.32. The second kappa shape index (κ2) is 8.37. The topological polar surface area (TPSA) is 25.2 Å². The number of amides is 1. The first-order valence-corrected chi connectivity index (χ1v) is 9.67. The Hall–Kier alpha value is -2.03. The zero-order valence-electron chi connectivity index (χ0n) is 15.5. The van der Waals surface area contributed by atoms with Crippen LogP contribution >= 0.6 is 0 Å². The minimum Gasteiger partial charge on any atom is -0.345 e. The molecule has 2 aromatic rings. The van der Waals surface area contributed by atoms with Crippen LogP contribution in [0.5, 0.6) is 0 Å². The Balaban J connectivity index is 1.75. The van der Waals surface area contributed by atoms with E-state index in [-0.39, 0.29) is 12.0 Å². The standard InChI is InChI=1S/C22H30N2O/c1-3-18(2)24(22(25)20-12-7-8-13-20)17-21-14-9-15-23(21)16-19-10-5-4-6-11-19/h4-6,9-11,14-15,18,20H,3,7-8,12-13,16-17H2,1-2H3. The number of benzene rings is 1. The normalized spacial score (nSPS) is 16.1. The highest BCUT2D eigenvalue weighted by molar-refractivity contribution is 5.79. The van der Waals surface area contributed by atoms with Gasteiger partial charge in [0.2, 0.25) is 5.91 Å². The molecule has 0 radical (unpaired) electrons. The van der Waals surface area contributed by atoms with Crippen molar-refractivity contribution in [1.29, 1.82) is 0 Å². The molecule has 3 heteroatoms. The number of hydrogen-bond acceptors (Lipinski definition) is 1. The number of carbonyl (C=O) groups is 1. The summed E-state index contributed by atoms with van der Waals surface area (Å²) in [4.78, 5) is 15.2. The molecule has 3 nitrogen and oxygen atoms in total. The van der Waals surface area contributed by atoms with Crippen molar-refractivity contribution in [2.24, 2.45) is 5.92 Å². The van der Waals surface area contributed by atoms with Crippen molar-refractivity contribution in [3.63, 3.8) is 0 Å². The van der Waals surface area contributed by atoms with Gasteiger partial charge in [-0.3, -0.25) is 4.79 Å². The fraction of sp³-hybridized carbons (Fsp3) is 0.500. The number of aromatic nitrogens is 1. The maximum atomic E-state index is 13.1. The van der Waals surface area contributed by atoms with Crippen molar-refractivity contribution in [3.05, 3.63) is 59.9 Å². The minimum absolute atomic E-state index is 0.242. The zero-order valence-corrected chi connectivity index (χ0v) is 15.5. The van der Waals surface area contributed by atoms with Gasteiger partial charge >= 0.3 is 0 Å². The quantitative estimate of drug-likeness (QED) is 0.708. The monoisotopic (exact) mass is 338 g/mol. The van der Waals surface area contributed by atoms with Crippen LogP contribution in [0.25, 0.3) is 0 Å². The summed E-state index contributed by atoms with van der Waals surface area (Å²) in [7, 11) is 0. The van der Waals surface area contributed by atoms with E-state index in [0.717, 1.165) is 25.8 Å². The molecule has 134 valence electrons. The first-order chi connectivity index (χ1) is 12.2. The van der Waals surface area contributed by atoms with Gasteiger partial charge in [0.25, 0.3) is 0 Å². The summed E-state index contributed by atoms with van der Waals surface area (Å²) < 4.78 is 2.27. The van der Waals surface area contributed by atoms with E-state index in [0.29, 0.717) is 12.5 Å². The van der Waals surface area contributed by atoms with Crippen LogP contribution < -0.4 is 0 Å². The van der Waals surface area contributed by atoms with Gasteiger partial charge in [-0.05, 0) is 43.9 Å². The predicted octanol–water partition coefficient (Wildman–Crippen LogP) is 4.85. The molecule has 1 aromatic heterocycles. The molecule has 1 aromatic carbocycles. The van der Waals surface area contributed by atoms with Crippen molar-refractivity contribution in [2.45, 2.75) is 65.1 Å². The minimum atomic E-state index is 0.242. The number of nitrogens with zero attached hydrogens (tertiary/aromatic N) is 2. The fourth-order valence-electron chi connectivity index (χ4n) is 3.78. The van der Waals surface area contributed by atoms with Crippen molar-refractivity contribution in [1.82, 2.24) is 9.47 Å². The molecule has 0 spiro atoms. The molecule has 1 saturated carbocycles. The number of carbonyl (C=O) groups excluding carboxylic acids is 1. The van der Waals surface area contributed by atoms with E-state index in [9.17, 15) is 4.79 Å². The van der Waals surface area contributed by atoms with Crippen LogP contribution in [0.3, 0.4) is 0 Å². The number of hydrogen-bond donors (Lipinski definition) is 0. The summed E-state index contributed by atoms with van der Waals surface area (Å²) in [5, 5.41) is 0. The van der Waals surface area contributed by atoms with Crippen LogP contribution in [-0.4, -0.2) is 21.4 Å². The maximum absolute atomic E-state index is 13.1. The van der Waals surface area contributed by atoms with Crippen LogP contribution in [0.1, 0.15) is 57.2 Å². The van der Waals surface area contributed by atoms with Crippen LogP contribution in [0.2, 0.25) is 0 Å². The van der Waals surface area contributed by atoms with Gasteiger partial charge in [0, 0.05) is 30.4 Å². The van der Waals surface area contributed by atoms with Gasteiger partial charge in [-0.1, -0.05) is 50.1 Å². The molecule has 1 fully saturated rings. The molecule has 25 heavy (non-hydrogen) atoms. The summed E-state index contributed by atoms with van der Waals surface area (Å²) in [6.45, 7) is 5.92. The van der Waals surface area contributed by atoms with Gasteiger partial charge in [-0.15, -0.1) is 0 Å². The summed E-state index contributed by atoms with van der Waals surface area (Å²) in [6.07, 6.45) is 7.66. The lowest BCUT2D eigenvalue weighted by molar-refractivity contribution is -0.138. The molecule has 0 aliphatic heterocycles. The van der Waals surface area contributed by atoms with E-state index in [2.05, 4.69) is 65.9 Å². The first kappa shape index (κ1) is 17.8. The molecular formula is C22H30N2O. The molecule has 1 atom stereocenters. The number of rotatable bonds is 7. The molecule has 3 rings (SSSR count). The average Bonchev–Trinajstić information content (AvgIpc) is 3.31. The molecule has 1 unspecified atom stereocenters. The SMILES string of the molecule is CCC(C)N(Cc1cccn1Cc1ccccc1)C(=O)C1CCCC1. The average molecular weight is 338 g/mol. The second-order valence-corrected chi connectivity index (χ2v) is 7.32. The van der Waals surface area contributed by atoms with Crippen LogP contribution in [0.15, 0.2) is 48.7 Å². The highest BCUT2D eigenvalue weighted by Gasteiger charge is 2.29. The van der Waals surface area contributed by atoms with Gasteiger partial charge in [0.1, 0.15) is 0 Å². The Bertz CT molecular complexity index is 670. The molecule has 1 aliphatic rings. The molecule has 0 N–H and O–H groups in total. The Morgan fingerprint density at radius 2 is 1.88 bits per heavy atom. The smallest absolute Gasteiger partial charge is 0.226 e. The maximum Gasteiger partial charge on any atom is 0.226 e. The van der Waals surface area contributed by atoms with Gasteiger partial charge in [-0.25, -0.2) is 0 Å². The largest absolute Gasteiger partial charge is 0.345 e. The highest BCUT2D eigenvalue weighted by Crippen LogP contribution is 2.28. The van der Waals surface area contributed by atoms with Crippen molar-refractivity contribution >= 4 is 5.91 Å². The highest BCUT2D eigenvalue weighted by atomic mass is 16.2. The Morgan fingerprint density at radius 3 is 2.56 bits per heavy atom. The lowest BCUT2D eigenvalue weighted by atomic mass is 10.0. The molecule has 1 aliphatic carbocycles. The van der Waals surface area contributed by atoms with Gasteiger partial charge in [0.15, 0.2) is 0 Å². The third-order valence-corrected chi connectivity index (χ3v) is 5.56. The van der Waals surface area contributed by atoms with Gasteiger partial charge in [0.05, 0.1) is 6.54 Å². The van der Waals surface area contributed by atoms with Crippen molar-refractivity contribution in [3.8, 4) is 0 Å². The van der Waals surface area contributed by atoms with E-state index in [1.807, 2.05) is 6.07 Å². The third-order valence-electron chi connectivity index (χ3n) is 5.56. The van der Waals surface area contributed by atoms with E-state index in [4.69, 9.17) is 0 Å². The zero-order chi connectivity index (χ0) is 17.6. The third kappa shape index (κ3) is 4.33. The fourth-order valence-corrected chi connectivity index (χ4v) is 3.78. The van der Waals surface area contributed by atoms with Crippen LogP contribution in [-0.2, 0) is 17.9 Å². The lowest BCUT2D eigenvalue weighted by Gasteiger charge is -2.31. The van der Waals surface area contributed by atoms with Crippen molar-refractivity contribution in [2.75, 3.05) is 0 Å². The van der Waals surface area contributed by atoms with Gasteiger partial charge < -0.3 is 9.47 Å². The van der Waals surface area contributed by atoms with Gasteiger partial charge in [-0.2, -0.15) is 0 Å². The Labute approximate surface area is 151 Å². The summed E-state index contributed by atoms with van der Waals surface area (Å²) in [5.41, 5.74) is 2.51. The summed E-state index contributed by atoms with van der Waals surface area (Å²) in [5.74, 6) is 0.603. The van der Waals surface area contributed by atoms with E-state index >= 15 is 0 Å². The van der Waals surface area contributed by atoms with E-state index < -0.39 is 0 Å². The van der Waals surface area contributed by atoms with Crippen molar-refractivity contribution < 1.29 is 4.79 Å². The summed E-state index contributed by atoms with van der Waals surface area (Å²) in [6, 6.07) is 15.0. The molecule has 1 heterocycles. The molecule has 1 amide bonds. The molecule has 0 bridgehead atoms. The first-order valence-electron chi connectivity index (χ1n) is 9.67. The van der Waals surface area contributed by atoms with E-state index in [1.54, 1.807) is 0 Å². The molecular weight excluding hydrogens is 308 g/mol. The lowest BCUT2D eigenvalue weighted by Crippen LogP contribution is -2.41. The van der Waals surface area contributed by atoms with Crippen LogP contribution in [0, 0.1) is 5.92 Å². The molecule has 0 saturated heterocycles. The van der Waals surface area contributed by atoms with Crippen LogP contribution in [0.4, 0.5) is 0 Å². The Kier molecular flexibility index (Phi) is 5.95. The predicted molar refractivity (Wildman–Crippen MR) is 102 cm³/mol. The van der Waals surface area contributed by atoms with E-state index in [1.165, 1.54) is 24.1 Å². The Morgan fingerprint density at radius 1 is 1.16 bits per heavy atom. The summed E-state index contributed by atoms with van der Waals surface area (Å²) >= 11 is 0.